The van der Waals surface area contributed by atoms with Gasteiger partial charge in [0.05, 0.1) is 5.52 Å². The summed E-state index contributed by atoms with van der Waals surface area (Å²) in [5, 5.41) is 10.7. The Morgan fingerprint density at radius 2 is 1.84 bits per heavy atom. The van der Waals surface area contributed by atoms with E-state index in [1.807, 2.05) is 6.07 Å². The molecule has 3 rings (SSSR count). The molecule has 1 aliphatic heterocycles. The molecule has 0 saturated carbocycles. The first-order valence-electron chi connectivity index (χ1n) is 6.67. The van der Waals surface area contributed by atoms with Gasteiger partial charge < -0.3 is 14.9 Å². The molecule has 1 aliphatic rings. The van der Waals surface area contributed by atoms with Crippen LogP contribution < -0.4 is 4.90 Å². The maximum atomic E-state index is 9.60. The number of hydrogen-bond acceptors (Lipinski definition) is 4. The number of rotatable bonds is 1. The highest BCUT2D eigenvalue weighted by Gasteiger charge is 2.16. The van der Waals surface area contributed by atoms with Crippen molar-refractivity contribution in [1.82, 2.24) is 9.88 Å². The van der Waals surface area contributed by atoms with E-state index in [0.717, 1.165) is 42.9 Å². The number of phenolic OH excluding ortho intramolecular Hbond substituents is 1. The van der Waals surface area contributed by atoms with Crippen LogP contribution in [0.25, 0.3) is 10.9 Å². The standard InChI is InChI=1S/C15H19N3O/c1-11-9-15(18-7-5-17(2)6-8-18)16-14-10-12(19)3-4-13(11)14/h3-4,9-10,19H,5-8H2,1-2H3. The van der Waals surface area contributed by atoms with Gasteiger partial charge >= 0.3 is 0 Å². The Kier molecular flexibility index (Phi) is 3.03. The molecular formula is C15H19N3O. The van der Waals surface area contributed by atoms with Gasteiger partial charge in [0.15, 0.2) is 0 Å². The highest BCUT2D eigenvalue weighted by molar-refractivity contribution is 5.85. The minimum atomic E-state index is 0.273. The topological polar surface area (TPSA) is 39.6 Å². The number of nitrogens with zero attached hydrogens (tertiary/aromatic N) is 3. The number of likely N-dealkylation sites (N-methyl/N-ethyl adjacent to an activating group) is 1. The van der Waals surface area contributed by atoms with E-state index in [-0.39, 0.29) is 5.75 Å². The van der Waals surface area contributed by atoms with Crippen molar-refractivity contribution in [3.63, 3.8) is 0 Å². The van der Waals surface area contributed by atoms with Crippen LogP contribution in [0.3, 0.4) is 0 Å². The number of phenols is 1. The van der Waals surface area contributed by atoms with Crippen molar-refractivity contribution in [2.24, 2.45) is 0 Å². The van der Waals surface area contributed by atoms with Crippen molar-refractivity contribution in [2.45, 2.75) is 6.92 Å². The highest BCUT2D eigenvalue weighted by Crippen LogP contribution is 2.25. The second-order valence-electron chi connectivity index (χ2n) is 5.29. The summed E-state index contributed by atoms with van der Waals surface area (Å²) in [4.78, 5) is 9.34. The fourth-order valence-electron chi connectivity index (χ4n) is 2.57. The summed E-state index contributed by atoms with van der Waals surface area (Å²) in [5.41, 5.74) is 2.08. The Morgan fingerprint density at radius 3 is 2.58 bits per heavy atom. The molecule has 2 heterocycles. The average molecular weight is 257 g/mol. The molecule has 2 aromatic rings. The van der Waals surface area contributed by atoms with Crippen LogP contribution in [0.1, 0.15) is 5.56 Å². The fourth-order valence-corrected chi connectivity index (χ4v) is 2.57. The molecule has 4 nitrogen and oxygen atoms in total. The van der Waals surface area contributed by atoms with Gasteiger partial charge in [-0.1, -0.05) is 0 Å². The molecule has 1 N–H and O–H groups in total. The van der Waals surface area contributed by atoms with Crippen molar-refractivity contribution in [1.29, 1.82) is 0 Å². The quantitative estimate of drug-likeness (QED) is 0.848. The van der Waals surface area contributed by atoms with E-state index in [1.54, 1.807) is 12.1 Å². The third-order valence-corrected chi connectivity index (χ3v) is 3.81. The Bertz CT molecular complexity index is 604. The second kappa shape index (κ2) is 4.70. The molecular weight excluding hydrogens is 238 g/mol. The Morgan fingerprint density at radius 1 is 1.11 bits per heavy atom. The molecule has 0 amide bonds. The maximum absolute atomic E-state index is 9.60. The number of fused-ring (bicyclic) bond motifs is 1. The van der Waals surface area contributed by atoms with Crippen molar-refractivity contribution >= 4 is 16.7 Å². The normalized spacial score (nSPS) is 17.1. The summed E-state index contributed by atoms with van der Waals surface area (Å²) in [5.74, 6) is 1.29. The van der Waals surface area contributed by atoms with E-state index in [1.165, 1.54) is 5.56 Å². The summed E-state index contributed by atoms with van der Waals surface area (Å²) in [7, 11) is 2.15. The van der Waals surface area contributed by atoms with Gasteiger partial charge in [-0.05, 0) is 37.7 Å². The van der Waals surface area contributed by atoms with Crippen molar-refractivity contribution in [3.05, 3.63) is 29.8 Å². The molecule has 1 saturated heterocycles. The highest BCUT2D eigenvalue weighted by atomic mass is 16.3. The number of piperazine rings is 1. The Labute approximate surface area is 113 Å². The molecule has 0 atom stereocenters. The number of benzene rings is 1. The maximum Gasteiger partial charge on any atom is 0.129 e. The molecule has 4 heteroatoms. The summed E-state index contributed by atoms with van der Waals surface area (Å²) in [6.45, 7) is 6.25. The first-order valence-corrected chi connectivity index (χ1v) is 6.67. The predicted octanol–water partition coefficient (Wildman–Crippen LogP) is 2.00. The monoisotopic (exact) mass is 257 g/mol. The van der Waals surface area contributed by atoms with E-state index in [4.69, 9.17) is 4.98 Å². The molecule has 0 spiro atoms. The van der Waals surface area contributed by atoms with E-state index in [2.05, 4.69) is 29.8 Å². The van der Waals surface area contributed by atoms with Gasteiger partial charge in [-0.3, -0.25) is 0 Å². The molecule has 1 aromatic carbocycles. The van der Waals surface area contributed by atoms with Crippen LogP contribution in [0, 0.1) is 6.92 Å². The van der Waals surface area contributed by atoms with Gasteiger partial charge in [0, 0.05) is 37.6 Å². The largest absolute Gasteiger partial charge is 0.508 e. The minimum absolute atomic E-state index is 0.273. The number of anilines is 1. The lowest BCUT2D eigenvalue weighted by Crippen LogP contribution is -2.44. The number of aryl methyl sites for hydroxylation is 1. The number of aromatic nitrogens is 1. The Hall–Kier alpha value is -1.81. The van der Waals surface area contributed by atoms with Gasteiger partial charge in [0.2, 0.25) is 0 Å². The van der Waals surface area contributed by atoms with E-state index < -0.39 is 0 Å². The SMILES string of the molecule is Cc1cc(N2CCN(C)CC2)nc2cc(O)ccc12. The summed E-state index contributed by atoms with van der Waals surface area (Å²) < 4.78 is 0. The van der Waals surface area contributed by atoms with Gasteiger partial charge in [0.1, 0.15) is 11.6 Å². The smallest absolute Gasteiger partial charge is 0.129 e. The van der Waals surface area contributed by atoms with Crippen LogP contribution in [0.5, 0.6) is 5.75 Å². The van der Waals surface area contributed by atoms with Gasteiger partial charge in [0.25, 0.3) is 0 Å². The molecule has 0 radical (unpaired) electrons. The molecule has 0 aliphatic carbocycles. The number of pyridine rings is 1. The number of aromatic hydroxyl groups is 1. The van der Waals surface area contributed by atoms with Crippen LogP contribution in [0.2, 0.25) is 0 Å². The minimum Gasteiger partial charge on any atom is -0.508 e. The first kappa shape index (κ1) is 12.2. The molecule has 1 aromatic heterocycles. The zero-order chi connectivity index (χ0) is 13.4. The molecule has 1 fully saturated rings. The molecule has 19 heavy (non-hydrogen) atoms. The lowest BCUT2D eigenvalue weighted by molar-refractivity contribution is 0.312. The summed E-state index contributed by atoms with van der Waals surface area (Å²) in [6, 6.07) is 7.53. The lowest BCUT2D eigenvalue weighted by Gasteiger charge is -2.33. The van der Waals surface area contributed by atoms with E-state index in [9.17, 15) is 5.11 Å². The first-order chi connectivity index (χ1) is 9.13. The summed E-state index contributed by atoms with van der Waals surface area (Å²) in [6.07, 6.45) is 0. The molecule has 0 bridgehead atoms. The van der Waals surface area contributed by atoms with E-state index >= 15 is 0 Å². The van der Waals surface area contributed by atoms with Gasteiger partial charge in [-0.2, -0.15) is 0 Å². The van der Waals surface area contributed by atoms with Crippen molar-refractivity contribution < 1.29 is 5.11 Å². The van der Waals surface area contributed by atoms with Crippen LogP contribution in [-0.2, 0) is 0 Å². The zero-order valence-corrected chi connectivity index (χ0v) is 11.4. The van der Waals surface area contributed by atoms with Crippen LogP contribution in [-0.4, -0.2) is 48.2 Å². The lowest BCUT2D eigenvalue weighted by atomic mass is 10.1. The van der Waals surface area contributed by atoms with Crippen LogP contribution in [0.15, 0.2) is 24.3 Å². The Balaban J connectivity index is 2.00. The van der Waals surface area contributed by atoms with Crippen LogP contribution in [0.4, 0.5) is 5.82 Å². The molecule has 100 valence electrons. The van der Waals surface area contributed by atoms with Gasteiger partial charge in [-0.25, -0.2) is 4.98 Å². The third kappa shape index (κ3) is 2.36. The average Bonchev–Trinajstić information content (AvgIpc) is 2.38. The fraction of sp³-hybridized carbons (Fsp3) is 0.400. The van der Waals surface area contributed by atoms with Gasteiger partial charge in [-0.15, -0.1) is 0 Å². The zero-order valence-electron chi connectivity index (χ0n) is 11.4. The van der Waals surface area contributed by atoms with E-state index in [0.29, 0.717) is 0 Å². The molecule has 0 unspecified atom stereocenters. The van der Waals surface area contributed by atoms with Crippen LogP contribution >= 0.6 is 0 Å². The predicted molar refractivity (Wildman–Crippen MR) is 77.9 cm³/mol. The number of hydrogen-bond donors (Lipinski definition) is 1. The second-order valence-corrected chi connectivity index (χ2v) is 5.29. The third-order valence-electron chi connectivity index (χ3n) is 3.81. The van der Waals surface area contributed by atoms with Crippen molar-refractivity contribution in [3.8, 4) is 5.75 Å². The van der Waals surface area contributed by atoms with Crippen molar-refractivity contribution in [2.75, 3.05) is 38.1 Å². The summed E-state index contributed by atoms with van der Waals surface area (Å²) >= 11 is 0.